The molecule has 5 nitrogen and oxygen atoms in total. The summed E-state index contributed by atoms with van der Waals surface area (Å²) in [5, 5.41) is 3.78. The van der Waals surface area contributed by atoms with Crippen molar-refractivity contribution < 1.29 is 4.79 Å². The molecule has 31 heavy (non-hydrogen) atoms. The van der Waals surface area contributed by atoms with Gasteiger partial charge in [-0.3, -0.25) is 9.59 Å². The molecule has 1 aliphatic carbocycles. The Balaban J connectivity index is 1.24. The molecule has 0 radical (unpaired) electrons. The van der Waals surface area contributed by atoms with Crippen LogP contribution in [0.3, 0.4) is 0 Å². The summed E-state index contributed by atoms with van der Waals surface area (Å²) in [5.41, 5.74) is 3.62. The fourth-order valence-electron chi connectivity index (χ4n) is 3.92. The van der Waals surface area contributed by atoms with Gasteiger partial charge in [-0.2, -0.15) is 11.8 Å². The van der Waals surface area contributed by atoms with Crippen LogP contribution in [0.4, 0.5) is 0 Å². The molecule has 0 atom stereocenters. The van der Waals surface area contributed by atoms with Gasteiger partial charge in [0.05, 0.1) is 11.1 Å². The van der Waals surface area contributed by atoms with E-state index in [-0.39, 0.29) is 11.5 Å². The van der Waals surface area contributed by atoms with Crippen molar-refractivity contribution in [3.05, 3.63) is 62.0 Å². The Labute approximate surface area is 191 Å². The lowest BCUT2D eigenvalue weighted by molar-refractivity contribution is -0.120. The predicted octanol–water partition coefficient (Wildman–Crippen LogP) is 4.93. The monoisotopic (exact) mass is 455 g/mol. The van der Waals surface area contributed by atoms with Gasteiger partial charge in [0.25, 0.3) is 5.56 Å². The first-order valence-electron chi connectivity index (χ1n) is 11.0. The fourth-order valence-corrected chi connectivity index (χ4v) is 6.01. The molecule has 0 saturated heterocycles. The zero-order valence-corrected chi connectivity index (χ0v) is 19.8. The molecule has 2 aromatic heterocycles. The first kappa shape index (κ1) is 22.1. The van der Waals surface area contributed by atoms with Crippen molar-refractivity contribution >= 4 is 39.2 Å². The number of H-pyrrole nitrogens is 1. The second-order valence-electron chi connectivity index (χ2n) is 8.38. The maximum Gasteiger partial charge on any atom is 0.259 e. The van der Waals surface area contributed by atoms with E-state index in [4.69, 9.17) is 4.98 Å². The molecule has 7 heteroatoms. The molecule has 0 fully saturated rings. The normalized spacial score (nSPS) is 13.5. The van der Waals surface area contributed by atoms with Gasteiger partial charge in [0.1, 0.15) is 10.7 Å². The molecule has 2 N–H and O–H groups in total. The predicted molar refractivity (Wildman–Crippen MR) is 130 cm³/mol. The number of hydrogen-bond acceptors (Lipinski definition) is 5. The number of amides is 1. The number of aromatic amines is 1. The Morgan fingerprint density at radius 3 is 2.77 bits per heavy atom. The first-order valence-corrected chi connectivity index (χ1v) is 12.9. The van der Waals surface area contributed by atoms with Gasteiger partial charge in [-0.25, -0.2) is 4.98 Å². The molecule has 1 amide bonds. The molecule has 1 aromatic carbocycles. The molecule has 164 valence electrons. The van der Waals surface area contributed by atoms with E-state index in [0.29, 0.717) is 36.2 Å². The summed E-state index contributed by atoms with van der Waals surface area (Å²) in [6, 6.07) is 8.39. The zero-order valence-electron chi connectivity index (χ0n) is 18.1. The Kier molecular flexibility index (Phi) is 7.13. The van der Waals surface area contributed by atoms with Crippen LogP contribution in [0.2, 0.25) is 0 Å². The van der Waals surface area contributed by atoms with Crippen molar-refractivity contribution in [2.24, 2.45) is 0 Å². The minimum absolute atomic E-state index is 0.0128. The number of nitrogens with one attached hydrogen (secondary N) is 2. The highest BCUT2D eigenvalue weighted by atomic mass is 32.2. The highest BCUT2D eigenvalue weighted by Crippen LogP contribution is 2.33. The van der Waals surface area contributed by atoms with Crippen molar-refractivity contribution in [3.63, 3.8) is 0 Å². The summed E-state index contributed by atoms with van der Waals surface area (Å²) >= 11 is 3.30. The minimum Gasteiger partial charge on any atom is -0.352 e. The average molecular weight is 456 g/mol. The average Bonchev–Trinajstić information content (AvgIpc) is 3.14. The third-order valence-corrected chi connectivity index (χ3v) is 7.88. The number of benzene rings is 1. The Bertz CT molecular complexity index is 1120. The van der Waals surface area contributed by atoms with Gasteiger partial charge in [-0.1, -0.05) is 38.1 Å². The lowest BCUT2D eigenvalue weighted by Gasteiger charge is -2.09. The number of hydrogen-bond donors (Lipinski definition) is 2. The van der Waals surface area contributed by atoms with E-state index in [0.717, 1.165) is 35.0 Å². The Hall–Kier alpha value is -2.12. The standard InChI is InChI=1S/C24H29N3O2S2/c1-15(2)17-9-7-16(8-10-17)13-25-21(28)11-12-30-14-20-26-23(29)22-18-5-3-4-6-19(18)31-24(22)27-20/h7-10,15H,3-6,11-14H2,1-2H3,(H,25,28)(H,26,27,29). The SMILES string of the molecule is CC(C)c1ccc(CNC(=O)CCSCc2nc3sc4c(c3c(=O)[nH]2)CCCC4)cc1. The summed E-state index contributed by atoms with van der Waals surface area (Å²) in [6.07, 6.45) is 4.86. The highest BCUT2D eigenvalue weighted by Gasteiger charge is 2.19. The number of carbonyl (C=O) groups is 1. The number of rotatable bonds is 8. The molecular formula is C24H29N3O2S2. The Morgan fingerprint density at radius 2 is 2.00 bits per heavy atom. The smallest absolute Gasteiger partial charge is 0.259 e. The van der Waals surface area contributed by atoms with Crippen LogP contribution in [0, 0.1) is 0 Å². The van der Waals surface area contributed by atoms with Crippen LogP contribution in [0.25, 0.3) is 10.2 Å². The number of thiophene rings is 1. The van der Waals surface area contributed by atoms with Crippen molar-refractivity contribution in [2.75, 3.05) is 5.75 Å². The quantitative estimate of drug-likeness (QED) is 0.473. The van der Waals surface area contributed by atoms with Gasteiger partial charge >= 0.3 is 0 Å². The number of fused-ring (bicyclic) bond motifs is 3. The third kappa shape index (κ3) is 5.39. The lowest BCUT2D eigenvalue weighted by Crippen LogP contribution is -2.23. The number of aromatic nitrogens is 2. The molecule has 2 heterocycles. The van der Waals surface area contributed by atoms with Gasteiger partial charge in [-0.15, -0.1) is 11.3 Å². The van der Waals surface area contributed by atoms with Crippen LogP contribution in [0.1, 0.15) is 66.4 Å². The largest absolute Gasteiger partial charge is 0.352 e. The maximum atomic E-state index is 12.6. The topological polar surface area (TPSA) is 74.8 Å². The molecule has 4 rings (SSSR count). The van der Waals surface area contributed by atoms with Crippen molar-refractivity contribution in [1.82, 2.24) is 15.3 Å². The second kappa shape index (κ2) is 10.0. The van der Waals surface area contributed by atoms with Crippen LogP contribution in [0.15, 0.2) is 29.1 Å². The van der Waals surface area contributed by atoms with Crippen molar-refractivity contribution in [2.45, 2.75) is 64.2 Å². The number of carbonyl (C=O) groups excluding carboxylic acids is 1. The second-order valence-corrected chi connectivity index (χ2v) is 10.6. The van der Waals surface area contributed by atoms with E-state index in [2.05, 4.69) is 48.4 Å². The maximum absolute atomic E-state index is 12.6. The van der Waals surface area contributed by atoms with E-state index < -0.39 is 0 Å². The molecular weight excluding hydrogens is 426 g/mol. The van der Waals surface area contributed by atoms with Crippen LogP contribution >= 0.6 is 23.1 Å². The highest BCUT2D eigenvalue weighted by molar-refractivity contribution is 7.98. The van der Waals surface area contributed by atoms with Gasteiger partial charge < -0.3 is 10.3 Å². The van der Waals surface area contributed by atoms with Gasteiger partial charge in [0.2, 0.25) is 5.91 Å². The Morgan fingerprint density at radius 1 is 1.23 bits per heavy atom. The van der Waals surface area contributed by atoms with E-state index in [9.17, 15) is 9.59 Å². The van der Waals surface area contributed by atoms with Gasteiger partial charge in [0.15, 0.2) is 0 Å². The summed E-state index contributed by atoms with van der Waals surface area (Å²) in [4.78, 5) is 34.6. The summed E-state index contributed by atoms with van der Waals surface area (Å²) in [7, 11) is 0. The minimum atomic E-state index is -0.0128. The van der Waals surface area contributed by atoms with E-state index in [1.165, 1.54) is 22.4 Å². The van der Waals surface area contributed by atoms with Crippen molar-refractivity contribution in [1.29, 1.82) is 0 Å². The zero-order chi connectivity index (χ0) is 21.8. The van der Waals surface area contributed by atoms with Gasteiger partial charge in [0, 0.05) is 23.6 Å². The molecule has 0 unspecified atom stereocenters. The van der Waals surface area contributed by atoms with E-state index in [1.807, 2.05) is 0 Å². The van der Waals surface area contributed by atoms with Crippen LogP contribution in [0.5, 0.6) is 0 Å². The molecule has 0 saturated carbocycles. The molecule has 0 aliphatic heterocycles. The summed E-state index contributed by atoms with van der Waals surface area (Å²) in [5.74, 6) is 2.56. The molecule has 0 bridgehead atoms. The van der Waals surface area contributed by atoms with Crippen LogP contribution in [-0.2, 0) is 29.9 Å². The third-order valence-electron chi connectivity index (χ3n) is 5.72. The van der Waals surface area contributed by atoms with Crippen LogP contribution in [-0.4, -0.2) is 21.6 Å². The lowest BCUT2D eigenvalue weighted by atomic mass is 9.97. The molecule has 1 aliphatic rings. The molecule has 3 aromatic rings. The number of thioether (sulfide) groups is 1. The molecule has 0 spiro atoms. The summed E-state index contributed by atoms with van der Waals surface area (Å²) in [6.45, 7) is 4.90. The fraction of sp³-hybridized carbons (Fsp3) is 0.458. The number of aryl methyl sites for hydroxylation is 2. The van der Waals surface area contributed by atoms with E-state index in [1.54, 1.807) is 23.1 Å². The van der Waals surface area contributed by atoms with E-state index >= 15 is 0 Å². The summed E-state index contributed by atoms with van der Waals surface area (Å²) < 4.78 is 0. The number of nitrogens with zero attached hydrogens (tertiary/aromatic N) is 1. The van der Waals surface area contributed by atoms with Gasteiger partial charge in [-0.05, 0) is 48.3 Å². The first-order chi connectivity index (χ1) is 15.0. The van der Waals surface area contributed by atoms with Crippen molar-refractivity contribution in [3.8, 4) is 0 Å². The van der Waals surface area contributed by atoms with Crippen LogP contribution < -0.4 is 10.9 Å².